The molecule has 20 heavy (non-hydrogen) atoms. The highest BCUT2D eigenvalue weighted by Gasteiger charge is 2.19. The van der Waals surface area contributed by atoms with Crippen LogP contribution < -0.4 is 11.3 Å². The van der Waals surface area contributed by atoms with E-state index in [1.807, 2.05) is 22.9 Å². The van der Waals surface area contributed by atoms with Crippen molar-refractivity contribution in [2.45, 2.75) is 39.3 Å². The van der Waals surface area contributed by atoms with E-state index in [-0.39, 0.29) is 6.04 Å². The van der Waals surface area contributed by atoms with Gasteiger partial charge >= 0.3 is 0 Å². The van der Waals surface area contributed by atoms with Crippen molar-refractivity contribution in [3.8, 4) is 0 Å². The molecule has 3 N–H and O–H groups in total. The fraction of sp³-hybridized carbons (Fsp3) is 0.400. The van der Waals surface area contributed by atoms with Crippen LogP contribution in [0.5, 0.6) is 0 Å². The van der Waals surface area contributed by atoms with Crippen LogP contribution in [0.2, 0.25) is 5.02 Å². The number of benzene rings is 1. The number of aryl methyl sites for hydroxylation is 2. The highest BCUT2D eigenvalue weighted by atomic mass is 35.5. The normalized spacial score (nSPS) is 12.6. The molecule has 1 aromatic carbocycles. The third-order valence-corrected chi connectivity index (χ3v) is 3.93. The van der Waals surface area contributed by atoms with E-state index < -0.39 is 0 Å². The third-order valence-electron chi connectivity index (χ3n) is 3.49. The summed E-state index contributed by atoms with van der Waals surface area (Å²) < 4.78 is 1.97. The Labute approximate surface area is 124 Å². The predicted molar refractivity (Wildman–Crippen MR) is 82.5 cm³/mol. The highest BCUT2D eigenvalue weighted by Crippen LogP contribution is 2.26. The van der Waals surface area contributed by atoms with E-state index in [0.29, 0.717) is 0 Å². The van der Waals surface area contributed by atoms with Gasteiger partial charge in [-0.3, -0.25) is 16.0 Å². The quantitative estimate of drug-likeness (QED) is 0.636. The number of nitrogens with two attached hydrogens (primary N) is 1. The molecule has 0 radical (unpaired) electrons. The Morgan fingerprint density at radius 1 is 1.30 bits per heavy atom. The Morgan fingerprint density at radius 2 is 2.00 bits per heavy atom. The van der Waals surface area contributed by atoms with Gasteiger partial charge in [-0.15, -0.1) is 0 Å². The molecule has 2 rings (SSSR count). The largest absolute Gasteiger partial charge is 0.271 e. The van der Waals surface area contributed by atoms with E-state index in [9.17, 15) is 0 Å². The smallest absolute Gasteiger partial charge is 0.0850 e. The zero-order chi connectivity index (χ0) is 14.5. The Morgan fingerprint density at radius 3 is 2.55 bits per heavy atom. The van der Waals surface area contributed by atoms with Crippen molar-refractivity contribution < 1.29 is 0 Å². The molecule has 4 nitrogen and oxygen atoms in total. The molecular weight excluding hydrogens is 272 g/mol. The molecule has 0 bridgehead atoms. The van der Waals surface area contributed by atoms with E-state index in [0.717, 1.165) is 41.4 Å². The SMILES string of the molecule is CCc1nn(CC)c(CC(NN)c2ccccc2)c1Cl. The molecule has 0 aliphatic carbocycles. The molecule has 1 aromatic heterocycles. The van der Waals surface area contributed by atoms with Gasteiger partial charge in [-0.2, -0.15) is 5.10 Å². The molecule has 0 fully saturated rings. The third kappa shape index (κ3) is 3.03. The number of hydrogen-bond acceptors (Lipinski definition) is 3. The second-order valence-electron chi connectivity index (χ2n) is 4.71. The van der Waals surface area contributed by atoms with Gasteiger partial charge in [0.05, 0.1) is 22.5 Å². The van der Waals surface area contributed by atoms with Gasteiger partial charge in [0, 0.05) is 13.0 Å². The van der Waals surface area contributed by atoms with Crippen molar-refractivity contribution >= 4 is 11.6 Å². The second kappa shape index (κ2) is 6.88. The van der Waals surface area contributed by atoms with Crippen LogP contribution in [0, 0.1) is 0 Å². The molecule has 2 aromatic rings. The molecule has 108 valence electrons. The summed E-state index contributed by atoms with van der Waals surface area (Å²) >= 11 is 6.44. The average molecular weight is 293 g/mol. The van der Waals surface area contributed by atoms with E-state index >= 15 is 0 Å². The minimum Gasteiger partial charge on any atom is -0.271 e. The van der Waals surface area contributed by atoms with Crippen LogP contribution in [0.15, 0.2) is 30.3 Å². The molecule has 0 saturated heterocycles. The van der Waals surface area contributed by atoms with E-state index in [1.165, 1.54) is 0 Å². The summed E-state index contributed by atoms with van der Waals surface area (Å²) in [6.07, 6.45) is 1.56. The number of nitrogens with one attached hydrogen (secondary N) is 1. The van der Waals surface area contributed by atoms with Crippen molar-refractivity contribution in [1.82, 2.24) is 15.2 Å². The summed E-state index contributed by atoms with van der Waals surface area (Å²) in [4.78, 5) is 0. The lowest BCUT2D eigenvalue weighted by Crippen LogP contribution is -2.30. The summed E-state index contributed by atoms with van der Waals surface area (Å²) in [7, 11) is 0. The monoisotopic (exact) mass is 292 g/mol. The molecule has 0 saturated carbocycles. The van der Waals surface area contributed by atoms with Crippen LogP contribution in [-0.4, -0.2) is 9.78 Å². The highest BCUT2D eigenvalue weighted by molar-refractivity contribution is 6.31. The Kier molecular flexibility index (Phi) is 5.17. The van der Waals surface area contributed by atoms with Gasteiger partial charge < -0.3 is 0 Å². The summed E-state index contributed by atoms with van der Waals surface area (Å²) in [5, 5.41) is 5.31. The second-order valence-corrected chi connectivity index (χ2v) is 5.09. The standard InChI is InChI=1S/C15H21ClN4/c1-3-12-15(16)14(20(4-2)19-12)10-13(18-17)11-8-6-5-7-9-11/h5-9,13,18H,3-4,10,17H2,1-2H3. The molecule has 5 heteroatoms. The number of halogens is 1. The lowest BCUT2D eigenvalue weighted by molar-refractivity contribution is 0.516. The minimum absolute atomic E-state index is 0.0282. The summed E-state index contributed by atoms with van der Waals surface area (Å²) in [6, 6.07) is 10.2. The first-order chi connectivity index (χ1) is 9.71. The molecule has 0 aliphatic heterocycles. The van der Waals surface area contributed by atoms with Crippen LogP contribution >= 0.6 is 11.6 Å². The van der Waals surface area contributed by atoms with Crippen LogP contribution in [-0.2, 0) is 19.4 Å². The number of hydrogen-bond donors (Lipinski definition) is 2. The van der Waals surface area contributed by atoms with E-state index in [1.54, 1.807) is 0 Å². The molecule has 1 unspecified atom stereocenters. The van der Waals surface area contributed by atoms with Crippen molar-refractivity contribution in [3.05, 3.63) is 52.3 Å². The molecular formula is C15H21ClN4. The zero-order valence-corrected chi connectivity index (χ0v) is 12.7. The van der Waals surface area contributed by atoms with Gasteiger partial charge in [-0.1, -0.05) is 48.9 Å². The molecule has 0 aliphatic rings. The van der Waals surface area contributed by atoms with Crippen molar-refractivity contribution in [3.63, 3.8) is 0 Å². The average Bonchev–Trinajstić information content (AvgIpc) is 2.81. The molecule has 0 amide bonds. The van der Waals surface area contributed by atoms with Crippen LogP contribution in [0.25, 0.3) is 0 Å². The number of hydrazine groups is 1. The first-order valence-electron chi connectivity index (χ1n) is 6.96. The van der Waals surface area contributed by atoms with Gasteiger partial charge in [-0.05, 0) is 18.9 Å². The van der Waals surface area contributed by atoms with Crippen LogP contribution in [0.1, 0.15) is 36.8 Å². The lowest BCUT2D eigenvalue weighted by atomic mass is 10.0. The number of rotatable bonds is 6. The van der Waals surface area contributed by atoms with Gasteiger partial charge in [0.15, 0.2) is 0 Å². The van der Waals surface area contributed by atoms with Crippen molar-refractivity contribution in [1.29, 1.82) is 0 Å². The van der Waals surface area contributed by atoms with Gasteiger partial charge in [0.2, 0.25) is 0 Å². The van der Waals surface area contributed by atoms with Crippen molar-refractivity contribution in [2.24, 2.45) is 5.84 Å². The number of nitrogens with zero attached hydrogens (tertiary/aromatic N) is 2. The first kappa shape index (κ1) is 15.0. The van der Waals surface area contributed by atoms with Gasteiger partial charge in [0.1, 0.15) is 0 Å². The van der Waals surface area contributed by atoms with Gasteiger partial charge in [0.25, 0.3) is 0 Å². The maximum Gasteiger partial charge on any atom is 0.0850 e. The first-order valence-corrected chi connectivity index (χ1v) is 7.34. The van der Waals surface area contributed by atoms with Crippen LogP contribution in [0.3, 0.4) is 0 Å². The Bertz CT molecular complexity index is 551. The Hall–Kier alpha value is -1.36. The van der Waals surface area contributed by atoms with Gasteiger partial charge in [-0.25, -0.2) is 0 Å². The van der Waals surface area contributed by atoms with E-state index in [4.69, 9.17) is 17.4 Å². The predicted octanol–water partition coefficient (Wildman–Crippen LogP) is 2.87. The topological polar surface area (TPSA) is 55.9 Å². The summed E-state index contributed by atoms with van der Waals surface area (Å²) in [5.41, 5.74) is 6.01. The summed E-state index contributed by atoms with van der Waals surface area (Å²) in [6.45, 7) is 4.94. The van der Waals surface area contributed by atoms with Crippen LogP contribution in [0.4, 0.5) is 0 Å². The molecule has 1 atom stereocenters. The molecule has 1 heterocycles. The fourth-order valence-corrected chi connectivity index (χ4v) is 2.71. The summed E-state index contributed by atoms with van der Waals surface area (Å²) in [5.74, 6) is 5.71. The maximum absolute atomic E-state index is 6.44. The van der Waals surface area contributed by atoms with Crippen molar-refractivity contribution in [2.75, 3.05) is 0 Å². The fourth-order valence-electron chi connectivity index (χ4n) is 2.36. The maximum atomic E-state index is 6.44. The minimum atomic E-state index is 0.0282. The lowest BCUT2D eigenvalue weighted by Gasteiger charge is -2.17. The molecule has 0 spiro atoms. The zero-order valence-electron chi connectivity index (χ0n) is 11.9. The number of aromatic nitrogens is 2. The van der Waals surface area contributed by atoms with E-state index in [2.05, 4.69) is 36.5 Å². The Balaban J connectivity index is 2.30.